The minimum atomic E-state index is -0.127. The number of amides is 1. The van der Waals surface area contributed by atoms with Gasteiger partial charge < -0.3 is 10.2 Å². The van der Waals surface area contributed by atoms with Crippen LogP contribution in [0.5, 0.6) is 0 Å². The van der Waals surface area contributed by atoms with E-state index in [-0.39, 0.29) is 5.91 Å². The molecule has 0 bridgehead atoms. The van der Waals surface area contributed by atoms with Crippen LogP contribution in [-0.4, -0.2) is 34.2 Å². The van der Waals surface area contributed by atoms with E-state index >= 15 is 0 Å². The Balaban J connectivity index is 1.67. The summed E-state index contributed by atoms with van der Waals surface area (Å²) in [4.78, 5) is 19.1. The van der Waals surface area contributed by atoms with Gasteiger partial charge in [-0.2, -0.15) is 5.10 Å². The van der Waals surface area contributed by atoms with Crippen LogP contribution >= 0.6 is 0 Å². The number of fused-ring (bicyclic) bond motifs is 1. The monoisotopic (exact) mass is 323 g/mol. The van der Waals surface area contributed by atoms with Gasteiger partial charge >= 0.3 is 0 Å². The van der Waals surface area contributed by atoms with E-state index in [9.17, 15) is 4.79 Å². The van der Waals surface area contributed by atoms with Gasteiger partial charge in [0.05, 0.1) is 17.3 Å². The third-order valence-corrected chi connectivity index (χ3v) is 4.07. The molecule has 0 spiro atoms. The zero-order valence-corrected chi connectivity index (χ0v) is 13.9. The number of pyridine rings is 1. The van der Waals surface area contributed by atoms with Crippen LogP contribution in [-0.2, 0) is 6.54 Å². The normalized spacial score (nSPS) is 10.8. The van der Waals surface area contributed by atoms with E-state index in [4.69, 9.17) is 0 Å². The molecule has 0 radical (unpaired) electrons. The molecule has 3 aromatic rings. The van der Waals surface area contributed by atoms with Gasteiger partial charge in [-0.15, -0.1) is 0 Å². The fraction of sp³-hybridized carbons (Fsp3) is 0.278. The first-order chi connectivity index (χ1) is 11.7. The van der Waals surface area contributed by atoms with Crippen molar-refractivity contribution in [2.45, 2.75) is 20.4 Å². The van der Waals surface area contributed by atoms with E-state index in [0.717, 1.165) is 35.4 Å². The van der Waals surface area contributed by atoms with Gasteiger partial charge in [0.2, 0.25) is 0 Å². The van der Waals surface area contributed by atoms with Crippen molar-refractivity contribution in [2.24, 2.45) is 0 Å². The molecule has 124 valence electrons. The number of hydrogen-bond donors (Lipinski definition) is 2. The Hall–Kier alpha value is -2.89. The Morgan fingerprint density at radius 2 is 2.00 bits per heavy atom. The number of carbonyl (C=O) groups is 1. The lowest BCUT2D eigenvalue weighted by molar-refractivity contribution is 0.0952. The van der Waals surface area contributed by atoms with E-state index in [2.05, 4.69) is 39.2 Å². The zero-order valence-electron chi connectivity index (χ0n) is 13.9. The van der Waals surface area contributed by atoms with Crippen LogP contribution in [0.1, 0.15) is 29.8 Å². The van der Waals surface area contributed by atoms with Crippen molar-refractivity contribution in [2.75, 3.05) is 18.0 Å². The maximum atomic E-state index is 12.4. The van der Waals surface area contributed by atoms with Crippen LogP contribution in [0.25, 0.3) is 10.9 Å². The third kappa shape index (κ3) is 3.22. The van der Waals surface area contributed by atoms with Gasteiger partial charge in [0.1, 0.15) is 5.82 Å². The molecule has 0 atom stereocenters. The van der Waals surface area contributed by atoms with Gasteiger partial charge in [0.25, 0.3) is 5.91 Å². The van der Waals surface area contributed by atoms with Crippen LogP contribution in [0.15, 0.2) is 42.7 Å². The van der Waals surface area contributed by atoms with E-state index in [1.54, 1.807) is 12.3 Å². The molecule has 0 aliphatic carbocycles. The number of benzene rings is 1. The molecule has 0 unspecified atom stereocenters. The van der Waals surface area contributed by atoms with Crippen LogP contribution in [0, 0.1) is 0 Å². The molecule has 2 N–H and O–H groups in total. The summed E-state index contributed by atoms with van der Waals surface area (Å²) in [5.41, 5.74) is 2.32. The topological polar surface area (TPSA) is 73.9 Å². The van der Waals surface area contributed by atoms with Gasteiger partial charge in [-0.25, -0.2) is 4.98 Å². The molecular formula is C18H21N5O. The summed E-state index contributed by atoms with van der Waals surface area (Å²) in [6.07, 6.45) is 3.52. The molecule has 6 nitrogen and oxygen atoms in total. The number of nitrogens with one attached hydrogen (secondary N) is 2. The van der Waals surface area contributed by atoms with Gasteiger partial charge in [-0.05, 0) is 31.5 Å². The van der Waals surface area contributed by atoms with Crippen molar-refractivity contribution in [1.29, 1.82) is 0 Å². The highest BCUT2D eigenvalue weighted by molar-refractivity contribution is 6.05. The number of carbonyl (C=O) groups excluding carboxylic acids is 1. The highest BCUT2D eigenvalue weighted by atomic mass is 16.1. The number of hydrogen-bond acceptors (Lipinski definition) is 4. The Morgan fingerprint density at radius 1 is 1.17 bits per heavy atom. The number of H-pyrrole nitrogens is 1. The predicted octanol–water partition coefficient (Wildman–Crippen LogP) is 2.73. The van der Waals surface area contributed by atoms with Crippen molar-refractivity contribution in [3.63, 3.8) is 0 Å². The average molecular weight is 323 g/mol. The van der Waals surface area contributed by atoms with Crippen molar-refractivity contribution in [1.82, 2.24) is 20.5 Å². The number of para-hydroxylation sites is 1. The molecular weight excluding hydrogens is 302 g/mol. The molecule has 6 heteroatoms. The second kappa shape index (κ2) is 7.12. The average Bonchev–Trinajstić information content (AvgIpc) is 3.10. The first kappa shape index (κ1) is 16.0. The maximum absolute atomic E-state index is 12.4. The largest absolute Gasteiger partial charge is 0.357 e. The van der Waals surface area contributed by atoms with Crippen molar-refractivity contribution < 1.29 is 4.79 Å². The van der Waals surface area contributed by atoms with Gasteiger partial charge in [-0.1, -0.05) is 18.2 Å². The minimum absolute atomic E-state index is 0.127. The van der Waals surface area contributed by atoms with Crippen molar-refractivity contribution in [3.8, 4) is 0 Å². The Bertz CT molecular complexity index is 821. The molecule has 0 saturated heterocycles. The van der Waals surface area contributed by atoms with E-state index in [0.29, 0.717) is 12.1 Å². The summed E-state index contributed by atoms with van der Waals surface area (Å²) in [6.45, 7) is 6.50. The van der Waals surface area contributed by atoms with Crippen molar-refractivity contribution in [3.05, 3.63) is 53.9 Å². The maximum Gasteiger partial charge on any atom is 0.253 e. The molecule has 1 amide bonds. The van der Waals surface area contributed by atoms with Gasteiger partial charge in [-0.3, -0.25) is 9.89 Å². The molecule has 3 rings (SSSR count). The minimum Gasteiger partial charge on any atom is -0.357 e. The van der Waals surface area contributed by atoms with E-state index in [1.807, 2.05) is 30.5 Å². The first-order valence-corrected chi connectivity index (χ1v) is 8.13. The third-order valence-electron chi connectivity index (χ3n) is 4.07. The summed E-state index contributed by atoms with van der Waals surface area (Å²) in [7, 11) is 0. The number of rotatable bonds is 6. The molecule has 0 saturated carbocycles. The molecule has 0 fully saturated rings. The Kier molecular flexibility index (Phi) is 4.74. The number of nitrogens with zero attached hydrogens (tertiary/aromatic N) is 3. The summed E-state index contributed by atoms with van der Waals surface area (Å²) in [6, 6.07) is 9.55. The summed E-state index contributed by atoms with van der Waals surface area (Å²) < 4.78 is 0. The molecule has 2 heterocycles. The fourth-order valence-electron chi connectivity index (χ4n) is 2.69. The van der Waals surface area contributed by atoms with Crippen LogP contribution < -0.4 is 10.2 Å². The quantitative estimate of drug-likeness (QED) is 0.731. The molecule has 0 aliphatic rings. The highest BCUT2D eigenvalue weighted by Gasteiger charge is 2.11. The summed E-state index contributed by atoms with van der Waals surface area (Å²) >= 11 is 0. The first-order valence-electron chi connectivity index (χ1n) is 8.13. The lowest BCUT2D eigenvalue weighted by atomic mass is 10.1. The Morgan fingerprint density at radius 3 is 2.71 bits per heavy atom. The zero-order chi connectivity index (χ0) is 16.9. The lowest BCUT2D eigenvalue weighted by Crippen LogP contribution is -2.24. The second-order valence-electron chi connectivity index (χ2n) is 5.52. The fourth-order valence-corrected chi connectivity index (χ4v) is 2.69. The Labute approximate surface area is 140 Å². The standard InChI is InChI=1S/C18H21N5O/c1-3-23(4-2)16-9-8-13(10-19-16)11-20-18(24)15-7-5-6-14-12-21-22-17(14)15/h5-10,12H,3-4,11H2,1-2H3,(H,20,24)(H,21,22). The molecule has 24 heavy (non-hydrogen) atoms. The van der Waals surface area contributed by atoms with E-state index in [1.165, 1.54) is 0 Å². The smallest absolute Gasteiger partial charge is 0.253 e. The second-order valence-corrected chi connectivity index (χ2v) is 5.52. The summed E-state index contributed by atoms with van der Waals surface area (Å²) in [5.74, 6) is 0.829. The van der Waals surface area contributed by atoms with Gasteiger partial charge in [0, 0.05) is 31.2 Å². The van der Waals surface area contributed by atoms with Crippen LogP contribution in [0.4, 0.5) is 5.82 Å². The van der Waals surface area contributed by atoms with Crippen molar-refractivity contribution >= 4 is 22.6 Å². The van der Waals surface area contributed by atoms with Gasteiger partial charge in [0.15, 0.2) is 0 Å². The SMILES string of the molecule is CCN(CC)c1ccc(CNC(=O)c2cccc3cn[nH]c23)cn1. The molecule has 2 aromatic heterocycles. The van der Waals surface area contributed by atoms with E-state index < -0.39 is 0 Å². The van der Waals surface area contributed by atoms with Crippen LogP contribution in [0.3, 0.4) is 0 Å². The lowest BCUT2D eigenvalue weighted by Gasteiger charge is -2.19. The van der Waals surface area contributed by atoms with Crippen LogP contribution in [0.2, 0.25) is 0 Å². The number of anilines is 1. The molecule has 0 aliphatic heterocycles. The summed E-state index contributed by atoms with van der Waals surface area (Å²) in [5, 5.41) is 10.7. The number of aromatic nitrogens is 3. The number of aromatic amines is 1. The highest BCUT2D eigenvalue weighted by Crippen LogP contribution is 2.16. The predicted molar refractivity (Wildman–Crippen MR) is 95.1 cm³/mol. The molecule has 1 aromatic carbocycles.